The van der Waals surface area contributed by atoms with Crippen LogP contribution in [0.2, 0.25) is 0 Å². The van der Waals surface area contributed by atoms with E-state index in [1.54, 1.807) is 0 Å². The van der Waals surface area contributed by atoms with E-state index in [-0.39, 0.29) is 23.8 Å². The summed E-state index contributed by atoms with van der Waals surface area (Å²) in [5.41, 5.74) is 3.66. The highest BCUT2D eigenvalue weighted by atomic mass is 19.1. The maximum atomic E-state index is 13.7. The highest BCUT2D eigenvalue weighted by Gasteiger charge is 2.29. The van der Waals surface area contributed by atoms with Crippen molar-refractivity contribution in [3.63, 3.8) is 0 Å². The third-order valence-electron chi connectivity index (χ3n) is 5.74. The molecule has 2 aromatic rings. The number of rotatable bonds is 12. The third kappa shape index (κ3) is 7.41. The summed E-state index contributed by atoms with van der Waals surface area (Å²) in [5, 5.41) is 0. The van der Waals surface area contributed by atoms with Crippen molar-refractivity contribution in [1.29, 1.82) is 0 Å². The SMILES string of the molecule is C=C(F)/C=N\C(=C)OCC(CCC)C(CC)N(C)C(=O)c1cc(C)ccc1-c1ccccc1. The molecule has 0 N–H and O–H groups in total. The Bertz CT molecular complexity index is 985. The molecule has 0 saturated carbocycles. The molecule has 0 heterocycles. The van der Waals surface area contributed by atoms with Gasteiger partial charge >= 0.3 is 0 Å². The van der Waals surface area contributed by atoms with Crippen LogP contribution in [0.5, 0.6) is 0 Å². The monoisotopic (exact) mass is 450 g/mol. The summed E-state index contributed by atoms with van der Waals surface area (Å²) in [6, 6.07) is 15.9. The van der Waals surface area contributed by atoms with Gasteiger partial charge < -0.3 is 9.64 Å². The standard InChI is InChI=1S/C28H35FN2O2/c1-7-12-24(19-33-22(5)30-18-21(4)29)27(8-2)31(6)28(32)26-17-20(3)15-16-25(26)23-13-10-9-11-14-23/h9-11,13-18,24,27H,4-5,7-8,12,19H2,1-3,6H3/b30-18-. The van der Waals surface area contributed by atoms with Gasteiger partial charge in [-0.2, -0.15) is 0 Å². The van der Waals surface area contributed by atoms with Crippen molar-refractivity contribution in [2.75, 3.05) is 13.7 Å². The molecule has 2 rings (SSSR count). The van der Waals surface area contributed by atoms with E-state index in [4.69, 9.17) is 4.74 Å². The Balaban J connectivity index is 2.28. The summed E-state index contributed by atoms with van der Waals surface area (Å²) in [7, 11) is 1.86. The Morgan fingerprint density at radius 1 is 1.18 bits per heavy atom. The fourth-order valence-electron chi connectivity index (χ4n) is 4.11. The lowest BCUT2D eigenvalue weighted by atomic mass is 9.91. The molecule has 1 amide bonds. The van der Waals surface area contributed by atoms with Crippen LogP contribution >= 0.6 is 0 Å². The highest BCUT2D eigenvalue weighted by Crippen LogP contribution is 2.28. The molecule has 2 atom stereocenters. The Morgan fingerprint density at radius 3 is 2.48 bits per heavy atom. The molecule has 0 spiro atoms. The zero-order chi connectivity index (χ0) is 24.4. The van der Waals surface area contributed by atoms with Crippen molar-refractivity contribution >= 4 is 12.1 Å². The lowest BCUT2D eigenvalue weighted by Gasteiger charge is -2.34. The molecule has 0 bridgehead atoms. The van der Waals surface area contributed by atoms with Gasteiger partial charge in [0.1, 0.15) is 5.83 Å². The van der Waals surface area contributed by atoms with Crippen LogP contribution in [0.15, 0.2) is 78.4 Å². The van der Waals surface area contributed by atoms with Crippen molar-refractivity contribution in [1.82, 2.24) is 4.90 Å². The second kappa shape index (κ2) is 12.7. The number of carbonyl (C=O) groups is 1. The van der Waals surface area contributed by atoms with Crippen LogP contribution in [-0.2, 0) is 4.74 Å². The van der Waals surface area contributed by atoms with Crippen LogP contribution in [-0.4, -0.2) is 36.7 Å². The number of aryl methyl sites for hydroxylation is 1. The molecule has 5 heteroatoms. The number of allylic oxidation sites excluding steroid dienone is 1. The van der Waals surface area contributed by atoms with E-state index >= 15 is 0 Å². The van der Waals surface area contributed by atoms with Gasteiger partial charge in [-0.3, -0.25) is 4.79 Å². The minimum Gasteiger partial charge on any atom is -0.478 e. The first-order valence-corrected chi connectivity index (χ1v) is 11.4. The average Bonchev–Trinajstić information content (AvgIpc) is 2.81. The van der Waals surface area contributed by atoms with E-state index in [1.807, 2.05) is 67.4 Å². The van der Waals surface area contributed by atoms with Crippen LogP contribution in [0.25, 0.3) is 11.1 Å². The Kier molecular flexibility index (Phi) is 10.0. The van der Waals surface area contributed by atoms with Gasteiger partial charge in [-0.05, 0) is 43.5 Å². The topological polar surface area (TPSA) is 41.9 Å². The Morgan fingerprint density at radius 2 is 1.88 bits per heavy atom. The number of benzene rings is 2. The molecule has 4 nitrogen and oxygen atoms in total. The van der Waals surface area contributed by atoms with E-state index in [2.05, 4.69) is 32.0 Å². The van der Waals surface area contributed by atoms with Gasteiger partial charge in [-0.1, -0.05) is 74.9 Å². The maximum Gasteiger partial charge on any atom is 0.254 e. The summed E-state index contributed by atoms with van der Waals surface area (Å²) in [4.78, 5) is 19.4. The largest absolute Gasteiger partial charge is 0.478 e. The van der Waals surface area contributed by atoms with E-state index < -0.39 is 5.83 Å². The quantitative estimate of drug-likeness (QED) is 0.259. The zero-order valence-electron chi connectivity index (χ0n) is 20.2. The second-order valence-electron chi connectivity index (χ2n) is 8.27. The van der Waals surface area contributed by atoms with Crippen LogP contribution < -0.4 is 0 Å². The number of ether oxygens (including phenoxy) is 1. The van der Waals surface area contributed by atoms with Crippen molar-refractivity contribution in [2.24, 2.45) is 10.9 Å². The van der Waals surface area contributed by atoms with Crippen molar-refractivity contribution in [3.8, 4) is 11.1 Å². The van der Waals surface area contributed by atoms with Gasteiger partial charge in [-0.25, -0.2) is 9.38 Å². The fourth-order valence-corrected chi connectivity index (χ4v) is 4.11. The van der Waals surface area contributed by atoms with Crippen molar-refractivity contribution < 1.29 is 13.9 Å². The highest BCUT2D eigenvalue weighted by molar-refractivity contribution is 6.01. The summed E-state index contributed by atoms with van der Waals surface area (Å²) < 4.78 is 18.5. The molecule has 0 aromatic heterocycles. The van der Waals surface area contributed by atoms with Gasteiger partial charge in [0.25, 0.3) is 5.91 Å². The number of carbonyl (C=O) groups excluding carboxylic acids is 1. The lowest BCUT2D eigenvalue weighted by Crippen LogP contribution is -2.43. The minimum absolute atomic E-state index is 0.0175. The molecule has 33 heavy (non-hydrogen) atoms. The molecule has 0 radical (unpaired) electrons. The summed E-state index contributed by atoms with van der Waals surface area (Å²) >= 11 is 0. The van der Waals surface area contributed by atoms with Crippen LogP contribution in [0, 0.1) is 12.8 Å². The molecule has 0 aliphatic rings. The molecule has 2 unspecified atom stereocenters. The number of aliphatic imine (C=N–C) groups is 1. The number of hydrogen-bond donors (Lipinski definition) is 0. The molecule has 176 valence electrons. The predicted molar refractivity (Wildman–Crippen MR) is 135 cm³/mol. The first-order valence-electron chi connectivity index (χ1n) is 11.4. The van der Waals surface area contributed by atoms with Crippen molar-refractivity contribution in [3.05, 3.63) is 84.5 Å². The van der Waals surface area contributed by atoms with Gasteiger partial charge in [0, 0.05) is 24.6 Å². The number of amides is 1. The summed E-state index contributed by atoms with van der Waals surface area (Å²) in [5.74, 6) is -0.465. The first kappa shape index (κ1) is 26.0. The van der Waals surface area contributed by atoms with Crippen LogP contribution in [0.1, 0.15) is 49.0 Å². The fraction of sp³-hybridized carbons (Fsp3) is 0.357. The van der Waals surface area contributed by atoms with Crippen LogP contribution in [0.4, 0.5) is 4.39 Å². The van der Waals surface area contributed by atoms with E-state index in [0.717, 1.165) is 42.2 Å². The molecule has 0 aliphatic carbocycles. The van der Waals surface area contributed by atoms with Gasteiger partial charge in [0.2, 0.25) is 5.88 Å². The number of hydrogen-bond acceptors (Lipinski definition) is 3. The normalized spacial score (nSPS) is 12.9. The molecule has 0 saturated heterocycles. The third-order valence-corrected chi connectivity index (χ3v) is 5.74. The smallest absolute Gasteiger partial charge is 0.254 e. The van der Waals surface area contributed by atoms with Gasteiger partial charge in [0.15, 0.2) is 0 Å². The molecule has 2 aromatic carbocycles. The first-order chi connectivity index (χ1) is 15.8. The minimum atomic E-state index is -0.658. The Hall–Kier alpha value is -3.21. The lowest BCUT2D eigenvalue weighted by molar-refractivity contribution is 0.0547. The van der Waals surface area contributed by atoms with Crippen LogP contribution in [0.3, 0.4) is 0 Å². The molecular weight excluding hydrogens is 415 g/mol. The second-order valence-corrected chi connectivity index (χ2v) is 8.27. The summed E-state index contributed by atoms with van der Waals surface area (Å²) in [6.45, 7) is 13.4. The molecule has 0 fully saturated rings. The Labute approximate surface area is 197 Å². The summed E-state index contributed by atoms with van der Waals surface area (Å²) in [6.07, 6.45) is 3.58. The molecular formula is C28H35FN2O2. The predicted octanol–water partition coefficient (Wildman–Crippen LogP) is 6.97. The average molecular weight is 451 g/mol. The van der Waals surface area contributed by atoms with Crippen molar-refractivity contribution in [2.45, 2.75) is 46.1 Å². The van der Waals surface area contributed by atoms with E-state index in [0.29, 0.717) is 12.2 Å². The number of halogens is 1. The maximum absolute atomic E-state index is 13.7. The zero-order valence-corrected chi connectivity index (χ0v) is 20.2. The van der Waals surface area contributed by atoms with E-state index in [1.165, 1.54) is 0 Å². The van der Waals surface area contributed by atoms with Gasteiger partial charge in [0.05, 0.1) is 12.8 Å². The van der Waals surface area contributed by atoms with E-state index in [9.17, 15) is 9.18 Å². The molecule has 0 aliphatic heterocycles. The number of nitrogens with zero attached hydrogens (tertiary/aromatic N) is 2. The van der Waals surface area contributed by atoms with Gasteiger partial charge in [-0.15, -0.1) is 0 Å².